The third-order valence-electron chi connectivity index (χ3n) is 5.41. The standard InChI is InChI=1S/C25H24ClF2NO6S/c1-3-34-19(30)13-18-20(26)21(22(28)36-18)29(23(31)14-8-7-9-15(27)12-14)24(32)16-10-5-6-11-17(16)25(33)35-4-2/h7-9,12H,3-6,10-11,13H2,1-2H3. The maximum atomic E-state index is 15.3. The fourth-order valence-electron chi connectivity index (χ4n) is 3.83. The fourth-order valence-corrected chi connectivity index (χ4v) is 5.12. The summed E-state index contributed by atoms with van der Waals surface area (Å²) in [5.41, 5.74) is -0.700. The van der Waals surface area contributed by atoms with E-state index in [-0.39, 0.29) is 59.1 Å². The molecule has 0 saturated carbocycles. The van der Waals surface area contributed by atoms with Gasteiger partial charge in [0.05, 0.1) is 24.7 Å². The number of thiophene rings is 1. The molecule has 0 atom stereocenters. The summed E-state index contributed by atoms with van der Waals surface area (Å²) in [5.74, 6) is -4.10. The van der Waals surface area contributed by atoms with Crippen molar-refractivity contribution in [2.24, 2.45) is 0 Å². The van der Waals surface area contributed by atoms with Gasteiger partial charge in [0.15, 0.2) is 0 Å². The molecular weight excluding hydrogens is 516 g/mol. The van der Waals surface area contributed by atoms with E-state index in [0.29, 0.717) is 29.1 Å². The maximum Gasteiger partial charge on any atom is 0.334 e. The molecule has 0 unspecified atom stereocenters. The average Bonchev–Trinajstić information content (AvgIpc) is 3.12. The molecule has 7 nitrogen and oxygen atoms in total. The number of halogens is 3. The minimum Gasteiger partial charge on any atom is -0.466 e. The first-order chi connectivity index (χ1) is 17.2. The molecule has 11 heteroatoms. The highest BCUT2D eigenvalue weighted by molar-refractivity contribution is 7.11. The van der Waals surface area contributed by atoms with Crippen LogP contribution < -0.4 is 4.90 Å². The summed E-state index contributed by atoms with van der Waals surface area (Å²) in [5, 5.41) is -1.32. The van der Waals surface area contributed by atoms with E-state index < -0.39 is 40.4 Å². The monoisotopic (exact) mass is 539 g/mol. The summed E-state index contributed by atoms with van der Waals surface area (Å²) >= 11 is 6.89. The molecule has 0 fully saturated rings. The van der Waals surface area contributed by atoms with Gasteiger partial charge in [0.2, 0.25) is 5.13 Å². The smallest absolute Gasteiger partial charge is 0.334 e. The zero-order chi connectivity index (χ0) is 26.4. The second-order valence-electron chi connectivity index (χ2n) is 7.78. The van der Waals surface area contributed by atoms with Gasteiger partial charge in [-0.3, -0.25) is 14.4 Å². The molecule has 0 radical (unpaired) electrons. The number of carbonyl (C=O) groups excluding carboxylic acids is 4. The number of ether oxygens (including phenoxy) is 2. The zero-order valence-electron chi connectivity index (χ0n) is 19.7. The lowest BCUT2D eigenvalue weighted by atomic mass is 9.90. The van der Waals surface area contributed by atoms with Gasteiger partial charge in [-0.25, -0.2) is 14.1 Å². The van der Waals surface area contributed by atoms with Crippen LogP contribution in [0.1, 0.15) is 54.8 Å². The van der Waals surface area contributed by atoms with Gasteiger partial charge in [-0.15, -0.1) is 11.3 Å². The number of esters is 2. The maximum absolute atomic E-state index is 15.3. The van der Waals surface area contributed by atoms with Crippen LogP contribution in [0.3, 0.4) is 0 Å². The predicted octanol–water partition coefficient (Wildman–Crippen LogP) is 5.39. The number of rotatable bonds is 8. The van der Waals surface area contributed by atoms with Crippen LogP contribution in [-0.4, -0.2) is 37.0 Å². The Morgan fingerprint density at radius 2 is 1.67 bits per heavy atom. The Hall–Kier alpha value is -3.11. The Labute approximate surface area is 215 Å². The first-order valence-electron chi connectivity index (χ1n) is 11.3. The number of carbonyl (C=O) groups is 4. The quantitative estimate of drug-likeness (QED) is 0.330. The number of nitrogens with zero attached hydrogens (tertiary/aromatic N) is 1. The van der Waals surface area contributed by atoms with Crippen molar-refractivity contribution in [2.75, 3.05) is 18.1 Å². The summed E-state index contributed by atoms with van der Waals surface area (Å²) < 4.78 is 39.1. The molecule has 2 aromatic rings. The SMILES string of the molecule is CCOC(=O)Cc1sc(F)c(N(C(=O)C2=C(C(=O)OCC)CCCC2)C(=O)c2cccc(F)c2)c1Cl. The Kier molecular flexibility index (Phi) is 9.33. The van der Waals surface area contributed by atoms with Crippen LogP contribution in [-0.2, 0) is 30.3 Å². The van der Waals surface area contributed by atoms with E-state index in [1.165, 1.54) is 12.1 Å². The lowest BCUT2D eigenvalue weighted by Crippen LogP contribution is -2.40. The topological polar surface area (TPSA) is 90.0 Å². The molecule has 0 spiro atoms. The van der Waals surface area contributed by atoms with Crippen molar-refractivity contribution < 1.29 is 37.4 Å². The molecule has 1 heterocycles. The van der Waals surface area contributed by atoms with Crippen LogP contribution in [0, 0.1) is 10.9 Å². The fraction of sp³-hybridized carbons (Fsp3) is 0.360. The number of amides is 2. The first kappa shape index (κ1) is 27.5. The van der Waals surface area contributed by atoms with Crippen molar-refractivity contribution in [3.05, 3.63) is 61.8 Å². The number of anilines is 1. The van der Waals surface area contributed by atoms with Gasteiger partial charge in [0, 0.05) is 21.6 Å². The summed E-state index contributed by atoms with van der Waals surface area (Å²) in [4.78, 5) is 52.4. The molecule has 1 aromatic heterocycles. The molecule has 2 amide bonds. The highest BCUT2D eigenvalue weighted by Crippen LogP contribution is 2.41. The van der Waals surface area contributed by atoms with Crippen molar-refractivity contribution in [2.45, 2.75) is 46.0 Å². The van der Waals surface area contributed by atoms with Gasteiger partial charge in [0.25, 0.3) is 11.8 Å². The van der Waals surface area contributed by atoms with E-state index >= 15 is 4.39 Å². The highest BCUT2D eigenvalue weighted by atomic mass is 35.5. The molecule has 0 bridgehead atoms. The third-order valence-corrected chi connectivity index (χ3v) is 6.90. The lowest BCUT2D eigenvalue weighted by Gasteiger charge is -2.25. The second kappa shape index (κ2) is 12.2. The number of imide groups is 1. The van der Waals surface area contributed by atoms with Crippen LogP contribution in [0.25, 0.3) is 0 Å². The van der Waals surface area contributed by atoms with Crippen molar-refractivity contribution in [3.63, 3.8) is 0 Å². The Bertz CT molecular complexity index is 1230. The number of benzene rings is 1. The van der Waals surface area contributed by atoms with E-state index in [4.69, 9.17) is 21.1 Å². The van der Waals surface area contributed by atoms with E-state index in [9.17, 15) is 23.6 Å². The number of hydrogen-bond acceptors (Lipinski definition) is 7. The predicted molar refractivity (Wildman–Crippen MR) is 130 cm³/mol. The van der Waals surface area contributed by atoms with Crippen molar-refractivity contribution >= 4 is 52.4 Å². The largest absolute Gasteiger partial charge is 0.466 e. The zero-order valence-corrected chi connectivity index (χ0v) is 21.3. The van der Waals surface area contributed by atoms with Crippen molar-refractivity contribution in [1.82, 2.24) is 0 Å². The summed E-state index contributed by atoms with van der Waals surface area (Å²) in [6, 6.07) is 4.56. The summed E-state index contributed by atoms with van der Waals surface area (Å²) in [6.45, 7) is 3.41. The van der Waals surface area contributed by atoms with Gasteiger partial charge in [-0.2, -0.15) is 4.39 Å². The van der Waals surface area contributed by atoms with Crippen LogP contribution in [0.4, 0.5) is 14.5 Å². The van der Waals surface area contributed by atoms with E-state index in [1.807, 2.05) is 0 Å². The van der Waals surface area contributed by atoms with Crippen molar-refractivity contribution in [3.8, 4) is 0 Å². The van der Waals surface area contributed by atoms with E-state index in [2.05, 4.69) is 0 Å². The normalized spacial score (nSPS) is 13.4. The molecule has 36 heavy (non-hydrogen) atoms. The molecule has 1 aliphatic rings. The van der Waals surface area contributed by atoms with Crippen molar-refractivity contribution in [1.29, 1.82) is 0 Å². The van der Waals surface area contributed by atoms with Crippen LogP contribution in [0.5, 0.6) is 0 Å². The third kappa shape index (κ3) is 5.99. The molecule has 0 aliphatic heterocycles. The van der Waals surface area contributed by atoms with Gasteiger partial charge in [0.1, 0.15) is 11.5 Å². The molecule has 0 saturated heterocycles. The van der Waals surface area contributed by atoms with E-state index in [0.717, 1.165) is 12.1 Å². The average molecular weight is 540 g/mol. The summed E-state index contributed by atoms with van der Waals surface area (Å²) in [6.07, 6.45) is 1.20. The minimum absolute atomic E-state index is 0.00179. The highest BCUT2D eigenvalue weighted by Gasteiger charge is 2.37. The molecular formula is C25H24ClF2NO6S. The van der Waals surface area contributed by atoms with Crippen LogP contribution in [0.15, 0.2) is 35.4 Å². The van der Waals surface area contributed by atoms with Gasteiger partial charge in [-0.05, 0) is 57.7 Å². The molecule has 192 valence electrons. The van der Waals surface area contributed by atoms with Crippen LogP contribution >= 0.6 is 22.9 Å². The van der Waals surface area contributed by atoms with E-state index in [1.54, 1.807) is 13.8 Å². The lowest BCUT2D eigenvalue weighted by molar-refractivity contribution is -0.142. The molecule has 3 rings (SSSR count). The molecule has 1 aliphatic carbocycles. The minimum atomic E-state index is -1.04. The molecule has 1 aromatic carbocycles. The Morgan fingerprint density at radius 3 is 2.31 bits per heavy atom. The van der Waals surface area contributed by atoms with Gasteiger partial charge < -0.3 is 9.47 Å². The van der Waals surface area contributed by atoms with Gasteiger partial charge >= 0.3 is 11.9 Å². The summed E-state index contributed by atoms with van der Waals surface area (Å²) in [7, 11) is 0. The van der Waals surface area contributed by atoms with Crippen LogP contribution in [0.2, 0.25) is 5.02 Å². The van der Waals surface area contributed by atoms with Gasteiger partial charge in [-0.1, -0.05) is 17.7 Å². The second-order valence-corrected chi connectivity index (χ2v) is 9.22. The first-order valence-corrected chi connectivity index (χ1v) is 12.5. The number of hydrogen-bond donors (Lipinski definition) is 0. The Morgan fingerprint density at radius 1 is 1.00 bits per heavy atom. The molecule has 0 N–H and O–H groups in total. The Balaban J connectivity index is 2.16.